The number of aromatic nitrogens is 6. The minimum Gasteiger partial charge on any atom is -0.368 e. The number of aryl methyl sites for hydroxylation is 2. The summed E-state index contributed by atoms with van der Waals surface area (Å²) < 4.78 is 23.7. The van der Waals surface area contributed by atoms with Crippen molar-refractivity contribution >= 4 is 45.2 Å². The van der Waals surface area contributed by atoms with E-state index >= 15 is 0 Å². The molecule has 232 valence electrons. The van der Waals surface area contributed by atoms with Gasteiger partial charge in [0.2, 0.25) is 33.8 Å². The number of hydrogen-bond donors (Lipinski definition) is 5. The van der Waals surface area contributed by atoms with Gasteiger partial charge in [-0.15, -0.1) is 0 Å². The van der Waals surface area contributed by atoms with Crippen molar-refractivity contribution < 1.29 is 8.42 Å². The molecule has 8 N–H and O–H groups in total. The van der Waals surface area contributed by atoms with Gasteiger partial charge in [0.1, 0.15) is 11.6 Å². The molecule has 0 radical (unpaired) electrons. The van der Waals surface area contributed by atoms with Gasteiger partial charge in [0.25, 0.3) is 0 Å². The van der Waals surface area contributed by atoms with Gasteiger partial charge in [-0.2, -0.15) is 29.9 Å². The van der Waals surface area contributed by atoms with E-state index in [1.165, 1.54) is 12.1 Å². The van der Waals surface area contributed by atoms with Crippen LogP contribution in [-0.4, -0.2) is 43.2 Å². The quantitative estimate of drug-likeness (QED) is 0.141. The molecule has 0 saturated heterocycles. The zero-order valence-electron chi connectivity index (χ0n) is 25.0. The zero-order chi connectivity index (χ0) is 32.1. The van der Waals surface area contributed by atoms with E-state index in [1.54, 1.807) is 12.1 Å². The molecule has 14 nitrogen and oxygen atoms in total. The number of nitrogens with two attached hydrogens (primary N) is 3. The molecule has 0 bridgehead atoms. The predicted molar refractivity (Wildman–Crippen MR) is 173 cm³/mol. The Morgan fingerprint density at radius 2 is 1.13 bits per heavy atom. The van der Waals surface area contributed by atoms with Crippen LogP contribution >= 0.6 is 0 Å². The van der Waals surface area contributed by atoms with Crippen LogP contribution in [0.2, 0.25) is 0 Å². The van der Waals surface area contributed by atoms with Gasteiger partial charge in [-0.1, -0.05) is 48.5 Å². The number of sulfonamides is 1. The van der Waals surface area contributed by atoms with E-state index in [2.05, 4.69) is 40.5 Å². The van der Waals surface area contributed by atoms with Crippen LogP contribution in [0.25, 0.3) is 0 Å². The maximum atomic E-state index is 11.8. The van der Waals surface area contributed by atoms with Crippen LogP contribution in [0.4, 0.5) is 35.2 Å². The largest absolute Gasteiger partial charge is 0.368 e. The van der Waals surface area contributed by atoms with E-state index < -0.39 is 10.0 Å². The molecule has 2 aromatic heterocycles. The van der Waals surface area contributed by atoms with Gasteiger partial charge < -0.3 is 22.1 Å². The van der Waals surface area contributed by atoms with Crippen LogP contribution in [0.3, 0.4) is 0 Å². The zero-order valence-corrected chi connectivity index (χ0v) is 25.8. The molecule has 2 heterocycles. The molecule has 5 rings (SSSR count). The van der Waals surface area contributed by atoms with E-state index in [-0.39, 0.29) is 35.9 Å². The average Bonchev–Trinajstić information content (AvgIpc) is 2.98. The minimum atomic E-state index is -3.85. The van der Waals surface area contributed by atoms with Crippen LogP contribution in [0.1, 0.15) is 41.3 Å². The highest BCUT2D eigenvalue weighted by atomic mass is 32.2. The highest BCUT2D eigenvalue weighted by molar-refractivity contribution is 7.89. The molecule has 0 aliphatic carbocycles. The second-order valence-electron chi connectivity index (χ2n) is 10.4. The number of benzene rings is 3. The van der Waals surface area contributed by atoms with Gasteiger partial charge in [-0.3, -0.25) is 4.90 Å². The Bertz CT molecular complexity index is 1820. The lowest BCUT2D eigenvalue weighted by Gasteiger charge is -2.28. The second-order valence-corrected chi connectivity index (χ2v) is 12.0. The van der Waals surface area contributed by atoms with Crippen molar-refractivity contribution in [1.82, 2.24) is 34.8 Å². The first-order valence-electron chi connectivity index (χ1n) is 14.0. The summed E-state index contributed by atoms with van der Waals surface area (Å²) in [5.41, 5.74) is 16.7. The monoisotopic (exact) mass is 626 g/mol. The molecule has 5 aromatic rings. The molecule has 0 amide bonds. The topological polar surface area (TPSA) is 217 Å². The van der Waals surface area contributed by atoms with Crippen LogP contribution in [-0.2, 0) is 23.1 Å². The van der Waals surface area contributed by atoms with Gasteiger partial charge in [-0.25, -0.2) is 13.6 Å². The normalized spacial score (nSPS) is 12.2. The van der Waals surface area contributed by atoms with Crippen molar-refractivity contribution in [2.45, 2.75) is 44.8 Å². The summed E-state index contributed by atoms with van der Waals surface area (Å²) in [6.45, 7) is 6.32. The van der Waals surface area contributed by atoms with Gasteiger partial charge in [-0.05, 0) is 61.7 Å². The van der Waals surface area contributed by atoms with Gasteiger partial charge in [0.15, 0.2) is 0 Å². The molecule has 0 saturated carbocycles. The van der Waals surface area contributed by atoms with E-state index in [4.69, 9.17) is 16.6 Å². The Kier molecular flexibility index (Phi) is 9.13. The number of hydrogen-bond acceptors (Lipinski definition) is 13. The van der Waals surface area contributed by atoms with Crippen molar-refractivity contribution in [3.8, 4) is 0 Å². The summed E-state index contributed by atoms with van der Waals surface area (Å²) in [7, 11) is -3.85. The lowest BCUT2D eigenvalue weighted by Crippen LogP contribution is -2.29. The standard InChI is InChI=1S/C30H34N12O2S/c1-18-8-4-6-10-23(18)34-29-38-25(36-27(31)40-29)16-42(20(3)21-12-14-22(15-13-21)45(33,43)44)17-26-37-28(32)41-30(39-26)35-24-11-7-5-9-19(24)2/h4-15,20H,16-17H2,1-3H3,(H2,33,43,44)(H3,31,34,36,38,40)(H3,32,35,37,39,41)/t20-/m1/s1. The third-order valence-corrected chi connectivity index (χ3v) is 8.04. The molecule has 15 heteroatoms. The van der Waals surface area contributed by atoms with Gasteiger partial charge in [0.05, 0.1) is 18.0 Å². The number of para-hydroxylation sites is 2. The van der Waals surface area contributed by atoms with E-state index in [1.807, 2.05) is 74.2 Å². The molecule has 0 spiro atoms. The van der Waals surface area contributed by atoms with Crippen LogP contribution in [0.15, 0.2) is 77.7 Å². The number of rotatable bonds is 11. The fraction of sp³-hybridized carbons (Fsp3) is 0.200. The summed E-state index contributed by atoms with van der Waals surface area (Å²) in [5, 5.41) is 11.7. The SMILES string of the molecule is Cc1ccccc1Nc1nc(N)nc(CN(Cc2nc(N)nc(Nc3ccccc3C)n2)[C@H](C)c2ccc(S(N)(=O)=O)cc2)n1. The van der Waals surface area contributed by atoms with Gasteiger partial charge >= 0.3 is 0 Å². The van der Waals surface area contributed by atoms with Crippen molar-refractivity contribution in [2.24, 2.45) is 5.14 Å². The van der Waals surface area contributed by atoms with Crippen LogP contribution < -0.4 is 27.2 Å². The second kappa shape index (κ2) is 13.2. The van der Waals surface area contributed by atoms with Crippen LogP contribution in [0, 0.1) is 13.8 Å². The third-order valence-electron chi connectivity index (χ3n) is 7.11. The summed E-state index contributed by atoms with van der Waals surface area (Å²) in [4.78, 5) is 28.6. The fourth-order valence-electron chi connectivity index (χ4n) is 4.64. The summed E-state index contributed by atoms with van der Waals surface area (Å²) in [5.74, 6) is 1.49. The first kappa shape index (κ1) is 31.2. The number of nitrogens with one attached hydrogen (secondary N) is 2. The number of nitrogens with zero attached hydrogens (tertiary/aromatic N) is 7. The highest BCUT2D eigenvalue weighted by Gasteiger charge is 2.22. The number of nitrogen functional groups attached to an aromatic ring is 2. The highest BCUT2D eigenvalue weighted by Crippen LogP contribution is 2.26. The number of anilines is 6. The summed E-state index contributed by atoms with van der Waals surface area (Å²) in [6, 6.07) is 21.5. The molecule has 0 aliphatic heterocycles. The molecule has 0 aliphatic rings. The van der Waals surface area contributed by atoms with E-state index in [0.717, 1.165) is 28.1 Å². The molecule has 0 fully saturated rings. The molecule has 1 atom stereocenters. The van der Waals surface area contributed by atoms with Crippen molar-refractivity contribution in [1.29, 1.82) is 0 Å². The summed E-state index contributed by atoms with van der Waals surface area (Å²) in [6.07, 6.45) is 0. The fourth-order valence-corrected chi connectivity index (χ4v) is 5.15. The van der Waals surface area contributed by atoms with Crippen molar-refractivity contribution in [3.05, 3.63) is 101 Å². The van der Waals surface area contributed by atoms with E-state index in [9.17, 15) is 8.42 Å². The molecule has 0 unspecified atom stereocenters. The number of primary sulfonamides is 1. The Labute approximate surface area is 261 Å². The van der Waals surface area contributed by atoms with Gasteiger partial charge in [0, 0.05) is 17.4 Å². The molecule has 45 heavy (non-hydrogen) atoms. The predicted octanol–water partition coefficient (Wildman–Crippen LogP) is 3.74. The molecular weight excluding hydrogens is 592 g/mol. The first-order valence-corrected chi connectivity index (χ1v) is 15.5. The maximum Gasteiger partial charge on any atom is 0.238 e. The molecule has 3 aromatic carbocycles. The Balaban J connectivity index is 1.47. The van der Waals surface area contributed by atoms with Crippen molar-refractivity contribution in [2.75, 3.05) is 22.1 Å². The van der Waals surface area contributed by atoms with Crippen LogP contribution in [0.5, 0.6) is 0 Å². The minimum absolute atomic E-state index is 0.0133. The first-order chi connectivity index (χ1) is 21.4. The summed E-state index contributed by atoms with van der Waals surface area (Å²) >= 11 is 0. The Morgan fingerprint density at radius 1 is 0.689 bits per heavy atom. The third kappa shape index (κ3) is 8.03. The molecular formula is C30H34N12O2S. The van der Waals surface area contributed by atoms with Crippen molar-refractivity contribution in [3.63, 3.8) is 0 Å². The smallest absolute Gasteiger partial charge is 0.238 e. The van der Waals surface area contributed by atoms with E-state index in [0.29, 0.717) is 23.5 Å². The Hall–Kier alpha value is -5.25. The lowest BCUT2D eigenvalue weighted by molar-refractivity contribution is 0.182. The average molecular weight is 627 g/mol. The Morgan fingerprint density at radius 3 is 1.56 bits per heavy atom. The lowest BCUT2D eigenvalue weighted by atomic mass is 10.1. The maximum absolute atomic E-state index is 11.8.